The van der Waals surface area contributed by atoms with Crippen LogP contribution in [-0.2, 0) is 11.3 Å². The van der Waals surface area contributed by atoms with Crippen molar-refractivity contribution in [2.24, 2.45) is 11.7 Å². The highest BCUT2D eigenvalue weighted by atomic mass is 35.5. The van der Waals surface area contributed by atoms with Crippen LogP contribution in [0.5, 0.6) is 0 Å². The summed E-state index contributed by atoms with van der Waals surface area (Å²) in [5, 5.41) is 1.20. The molecule has 92 valence electrons. The van der Waals surface area contributed by atoms with E-state index < -0.39 is 0 Å². The van der Waals surface area contributed by atoms with E-state index in [0.717, 1.165) is 5.56 Å². The molecule has 0 aromatic heterocycles. The lowest BCUT2D eigenvalue weighted by Gasteiger charge is -2.18. The second kappa shape index (κ2) is 5.25. The Morgan fingerprint density at radius 3 is 2.53 bits per heavy atom. The summed E-state index contributed by atoms with van der Waals surface area (Å²) in [5.74, 6) is 0.375. The predicted molar refractivity (Wildman–Crippen MR) is 69.0 cm³/mol. The van der Waals surface area contributed by atoms with Crippen molar-refractivity contribution >= 4 is 29.1 Å². The van der Waals surface area contributed by atoms with Gasteiger partial charge in [0.25, 0.3) is 0 Å². The Morgan fingerprint density at radius 1 is 1.35 bits per heavy atom. The molecule has 2 rings (SSSR count). The number of nitrogens with two attached hydrogens (primary N) is 1. The average molecular weight is 273 g/mol. The van der Waals surface area contributed by atoms with Crippen molar-refractivity contribution in [1.29, 1.82) is 0 Å². The summed E-state index contributed by atoms with van der Waals surface area (Å²) < 4.78 is 0. The maximum atomic E-state index is 11.8. The Balaban J connectivity index is 2.14. The highest BCUT2D eigenvalue weighted by molar-refractivity contribution is 6.36. The molecule has 1 aliphatic rings. The Hall–Kier alpha value is -0.770. The maximum absolute atomic E-state index is 11.8. The fourth-order valence-electron chi connectivity index (χ4n) is 2.04. The summed E-state index contributed by atoms with van der Waals surface area (Å²) in [4.78, 5) is 13.5. The molecule has 1 saturated heterocycles. The molecule has 1 unspecified atom stereocenters. The third kappa shape index (κ3) is 2.73. The molecule has 1 aliphatic heterocycles. The fourth-order valence-corrected chi connectivity index (χ4v) is 2.56. The van der Waals surface area contributed by atoms with Gasteiger partial charge in [-0.3, -0.25) is 4.79 Å². The summed E-state index contributed by atoms with van der Waals surface area (Å²) in [6.45, 7) is 1.70. The fraction of sp³-hybridized carbons (Fsp3) is 0.417. The predicted octanol–water partition coefficient (Wildman–Crippen LogP) is 2.30. The summed E-state index contributed by atoms with van der Waals surface area (Å²) in [6, 6.07) is 5.36. The lowest BCUT2D eigenvalue weighted by molar-refractivity contribution is -0.128. The van der Waals surface area contributed by atoms with Crippen LogP contribution >= 0.6 is 23.2 Å². The highest BCUT2D eigenvalue weighted by Gasteiger charge is 2.29. The van der Waals surface area contributed by atoms with Crippen molar-refractivity contribution in [3.63, 3.8) is 0 Å². The molecule has 5 heteroatoms. The molecular formula is C12H14Cl2N2O. The van der Waals surface area contributed by atoms with Crippen LogP contribution in [0, 0.1) is 5.92 Å². The van der Waals surface area contributed by atoms with E-state index >= 15 is 0 Å². The van der Waals surface area contributed by atoms with Crippen LogP contribution in [0.1, 0.15) is 12.0 Å². The zero-order valence-electron chi connectivity index (χ0n) is 9.33. The minimum atomic E-state index is 0.122. The Kier molecular flexibility index (Phi) is 3.92. The van der Waals surface area contributed by atoms with Gasteiger partial charge in [-0.05, 0) is 24.6 Å². The number of halogens is 2. The van der Waals surface area contributed by atoms with Crippen LogP contribution < -0.4 is 5.73 Å². The monoisotopic (exact) mass is 272 g/mol. The standard InChI is InChI=1S/C12H14Cl2N2O/c13-10-2-1-3-11(14)9(10)7-16-6-8(5-15)4-12(16)17/h1-3,8H,4-7,15H2. The molecule has 1 atom stereocenters. The third-order valence-corrected chi connectivity index (χ3v) is 3.75. The van der Waals surface area contributed by atoms with Crippen LogP contribution in [0.3, 0.4) is 0 Å². The molecule has 2 N–H and O–H groups in total. The summed E-state index contributed by atoms with van der Waals surface area (Å²) in [7, 11) is 0. The maximum Gasteiger partial charge on any atom is 0.223 e. The normalized spacial score (nSPS) is 20.1. The number of likely N-dealkylation sites (tertiary alicyclic amines) is 1. The van der Waals surface area contributed by atoms with Gasteiger partial charge < -0.3 is 10.6 Å². The van der Waals surface area contributed by atoms with E-state index in [1.807, 2.05) is 0 Å². The van der Waals surface area contributed by atoms with E-state index in [4.69, 9.17) is 28.9 Å². The first-order valence-electron chi connectivity index (χ1n) is 5.52. The molecule has 3 nitrogen and oxygen atoms in total. The molecule has 0 radical (unpaired) electrons. The van der Waals surface area contributed by atoms with Crippen molar-refractivity contribution in [3.05, 3.63) is 33.8 Å². The number of hydrogen-bond donors (Lipinski definition) is 1. The largest absolute Gasteiger partial charge is 0.338 e. The molecule has 1 aromatic carbocycles. The lowest BCUT2D eigenvalue weighted by atomic mass is 10.1. The summed E-state index contributed by atoms with van der Waals surface area (Å²) in [5.41, 5.74) is 6.39. The molecule has 1 heterocycles. The van der Waals surface area contributed by atoms with Gasteiger partial charge in [-0.25, -0.2) is 0 Å². The molecule has 1 amide bonds. The van der Waals surface area contributed by atoms with Crippen LogP contribution in [0.15, 0.2) is 18.2 Å². The van der Waals surface area contributed by atoms with Gasteiger partial charge in [0.2, 0.25) is 5.91 Å². The van der Waals surface area contributed by atoms with Crippen LogP contribution in [0.25, 0.3) is 0 Å². The first-order chi connectivity index (χ1) is 8.11. The molecule has 1 aromatic rings. The number of carbonyl (C=O) groups excluding carboxylic acids is 1. The molecular weight excluding hydrogens is 259 g/mol. The van der Waals surface area contributed by atoms with Gasteiger partial charge in [0.15, 0.2) is 0 Å². The quantitative estimate of drug-likeness (QED) is 0.918. The number of rotatable bonds is 3. The Labute approximate surface area is 110 Å². The molecule has 0 aliphatic carbocycles. The smallest absolute Gasteiger partial charge is 0.223 e. The zero-order chi connectivity index (χ0) is 12.4. The first-order valence-corrected chi connectivity index (χ1v) is 6.28. The van der Waals surface area contributed by atoms with Gasteiger partial charge in [0.1, 0.15) is 0 Å². The van der Waals surface area contributed by atoms with Gasteiger partial charge in [-0.1, -0.05) is 29.3 Å². The minimum Gasteiger partial charge on any atom is -0.338 e. The number of nitrogens with zero attached hydrogens (tertiary/aromatic N) is 1. The Morgan fingerprint density at radius 2 is 2.00 bits per heavy atom. The topological polar surface area (TPSA) is 46.3 Å². The van der Waals surface area contributed by atoms with E-state index in [-0.39, 0.29) is 11.8 Å². The number of hydrogen-bond acceptors (Lipinski definition) is 2. The SMILES string of the molecule is NCC1CC(=O)N(Cc2c(Cl)cccc2Cl)C1. The van der Waals surface area contributed by atoms with Gasteiger partial charge in [-0.15, -0.1) is 0 Å². The van der Waals surface area contributed by atoms with Crippen molar-refractivity contribution in [2.45, 2.75) is 13.0 Å². The van der Waals surface area contributed by atoms with E-state index in [0.29, 0.717) is 36.1 Å². The van der Waals surface area contributed by atoms with Crippen LogP contribution in [-0.4, -0.2) is 23.9 Å². The molecule has 0 spiro atoms. The van der Waals surface area contributed by atoms with Crippen LogP contribution in [0.4, 0.5) is 0 Å². The van der Waals surface area contributed by atoms with Gasteiger partial charge in [0, 0.05) is 35.1 Å². The molecule has 0 saturated carbocycles. The summed E-state index contributed by atoms with van der Waals surface area (Å²) in [6.07, 6.45) is 0.526. The second-order valence-electron chi connectivity index (χ2n) is 4.28. The van der Waals surface area contributed by atoms with E-state index in [2.05, 4.69) is 0 Å². The van der Waals surface area contributed by atoms with E-state index in [1.165, 1.54) is 0 Å². The molecule has 1 fully saturated rings. The van der Waals surface area contributed by atoms with Gasteiger partial charge in [0.05, 0.1) is 0 Å². The van der Waals surface area contributed by atoms with Crippen molar-refractivity contribution < 1.29 is 4.79 Å². The third-order valence-electron chi connectivity index (χ3n) is 3.04. The lowest BCUT2D eigenvalue weighted by Crippen LogP contribution is -2.26. The Bertz CT molecular complexity index is 416. The van der Waals surface area contributed by atoms with Crippen molar-refractivity contribution in [3.8, 4) is 0 Å². The van der Waals surface area contributed by atoms with E-state index in [1.54, 1.807) is 23.1 Å². The second-order valence-corrected chi connectivity index (χ2v) is 5.09. The first kappa shape index (κ1) is 12.7. The minimum absolute atomic E-state index is 0.122. The summed E-state index contributed by atoms with van der Waals surface area (Å²) >= 11 is 12.2. The number of carbonyl (C=O) groups is 1. The van der Waals surface area contributed by atoms with E-state index in [9.17, 15) is 4.79 Å². The molecule has 17 heavy (non-hydrogen) atoms. The van der Waals surface area contributed by atoms with Crippen LogP contribution in [0.2, 0.25) is 10.0 Å². The number of benzene rings is 1. The highest BCUT2D eigenvalue weighted by Crippen LogP contribution is 2.28. The zero-order valence-corrected chi connectivity index (χ0v) is 10.8. The van der Waals surface area contributed by atoms with Gasteiger partial charge >= 0.3 is 0 Å². The van der Waals surface area contributed by atoms with Crippen molar-refractivity contribution in [1.82, 2.24) is 4.90 Å². The number of amides is 1. The average Bonchev–Trinajstić information content (AvgIpc) is 2.65. The molecule has 0 bridgehead atoms. The van der Waals surface area contributed by atoms with Gasteiger partial charge in [-0.2, -0.15) is 0 Å². The van der Waals surface area contributed by atoms with Crippen molar-refractivity contribution in [2.75, 3.05) is 13.1 Å².